The summed E-state index contributed by atoms with van der Waals surface area (Å²) in [5.41, 5.74) is 10.9. The molecule has 2 aromatic carbocycles. The lowest BCUT2D eigenvalue weighted by Gasteiger charge is -2.11. The van der Waals surface area contributed by atoms with Crippen LogP contribution in [0.2, 0.25) is 0 Å². The summed E-state index contributed by atoms with van der Waals surface area (Å²) < 4.78 is 0. The van der Waals surface area contributed by atoms with Gasteiger partial charge < -0.3 is 11.1 Å². The number of nitrogen functional groups attached to an aromatic ring is 1. The normalized spacial score (nSPS) is 10.7. The molecule has 4 nitrogen and oxygen atoms in total. The molecule has 4 heteroatoms. The minimum Gasteiger partial charge on any atom is -0.397 e. The Labute approximate surface area is 105 Å². The maximum atomic E-state index is 6.04. The lowest BCUT2D eigenvalue weighted by molar-refractivity contribution is 1.12. The largest absolute Gasteiger partial charge is 0.397 e. The predicted molar refractivity (Wildman–Crippen MR) is 75.0 cm³/mol. The second kappa shape index (κ2) is 4.07. The van der Waals surface area contributed by atoms with Gasteiger partial charge in [-0.2, -0.15) is 5.10 Å². The number of anilines is 3. The maximum Gasteiger partial charge on any atom is 0.0672 e. The number of nitrogens with zero attached hydrogens (tertiary/aromatic N) is 1. The van der Waals surface area contributed by atoms with E-state index >= 15 is 0 Å². The molecular weight excluding hydrogens is 224 g/mol. The van der Waals surface area contributed by atoms with Crippen molar-refractivity contribution >= 4 is 28.0 Å². The van der Waals surface area contributed by atoms with Crippen LogP contribution in [0.15, 0.2) is 42.6 Å². The van der Waals surface area contributed by atoms with E-state index in [4.69, 9.17) is 5.73 Å². The van der Waals surface area contributed by atoms with Gasteiger partial charge in [-0.15, -0.1) is 0 Å². The Morgan fingerprint density at radius 3 is 2.83 bits per heavy atom. The summed E-state index contributed by atoms with van der Waals surface area (Å²) in [5.74, 6) is 0. The lowest BCUT2D eigenvalue weighted by atomic mass is 10.1. The van der Waals surface area contributed by atoms with Gasteiger partial charge in [0.1, 0.15) is 0 Å². The van der Waals surface area contributed by atoms with Crippen LogP contribution in [0.5, 0.6) is 0 Å². The molecule has 0 amide bonds. The molecule has 0 aliphatic rings. The summed E-state index contributed by atoms with van der Waals surface area (Å²) in [6.07, 6.45) is 1.77. The highest BCUT2D eigenvalue weighted by Crippen LogP contribution is 2.28. The summed E-state index contributed by atoms with van der Waals surface area (Å²) in [6, 6.07) is 12.0. The minimum absolute atomic E-state index is 0.715. The van der Waals surface area contributed by atoms with Crippen molar-refractivity contribution in [3.8, 4) is 0 Å². The first-order valence-corrected chi connectivity index (χ1v) is 5.79. The number of hydrogen-bond donors (Lipinski definition) is 3. The zero-order valence-corrected chi connectivity index (χ0v) is 10.1. The molecule has 0 unspecified atom stereocenters. The van der Waals surface area contributed by atoms with Gasteiger partial charge in [0.2, 0.25) is 0 Å². The molecule has 0 aliphatic heterocycles. The van der Waals surface area contributed by atoms with Crippen molar-refractivity contribution < 1.29 is 0 Å². The smallest absolute Gasteiger partial charge is 0.0672 e. The van der Waals surface area contributed by atoms with Crippen molar-refractivity contribution in [2.45, 2.75) is 6.92 Å². The standard InChI is InChI=1S/C14H14N4/c1-9-4-2-3-5-12(9)17-14-7-13-10(6-11(14)15)8-16-18-13/h2-8,17H,15H2,1H3,(H,16,18). The molecule has 0 saturated carbocycles. The molecule has 0 saturated heterocycles. The first-order valence-electron chi connectivity index (χ1n) is 5.79. The van der Waals surface area contributed by atoms with Gasteiger partial charge in [-0.05, 0) is 30.7 Å². The lowest BCUT2D eigenvalue weighted by Crippen LogP contribution is -1.97. The van der Waals surface area contributed by atoms with Gasteiger partial charge in [0.15, 0.2) is 0 Å². The topological polar surface area (TPSA) is 66.7 Å². The molecule has 0 spiro atoms. The van der Waals surface area contributed by atoms with Gasteiger partial charge in [0, 0.05) is 11.1 Å². The Morgan fingerprint density at radius 2 is 2.00 bits per heavy atom. The van der Waals surface area contributed by atoms with E-state index in [1.807, 2.05) is 30.3 Å². The SMILES string of the molecule is Cc1ccccc1Nc1cc2[nH]ncc2cc1N. The number of rotatable bonds is 2. The fourth-order valence-electron chi connectivity index (χ4n) is 1.98. The molecule has 18 heavy (non-hydrogen) atoms. The Kier molecular flexibility index (Phi) is 2.41. The number of aryl methyl sites for hydroxylation is 1. The van der Waals surface area contributed by atoms with Crippen LogP contribution in [0.4, 0.5) is 17.1 Å². The molecule has 0 bridgehead atoms. The van der Waals surface area contributed by atoms with Gasteiger partial charge in [-0.1, -0.05) is 18.2 Å². The van der Waals surface area contributed by atoms with Gasteiger partial charge in [-0.3, -0.25) is 5.10 Å². The van der Waals surface area contributed by atoms with E-state index in [1.165, 1.54) is 5.56 Å². The van der Waals surface area contributed by atoms with Gasteiger partial charge >= 0.3 is 0 Å². The van der Waals surface area contributed by atoms with E-state index in [2.05, 4.69) is 28.5 Å². The zero-order valence-electron chi connectivity index (χ0n) is 10.1. The number of aromatic amines is 1. The number of nitrogens with two attached hydrogens (primary N) is 1. The number of para-hydroxylation sites is 1. The van der Waals surface area contributed by atoms with Crippen LogP contribution >= 0.6 is 0 Å². The molecule has 0 radical (unpaired) electrons. The van der Waals surface area contributed by atoms with Crippen molar-refractivity contribution in [1.82, 2.24) is 10.2 Å². The molecule has 0 fully saturated rings. The second-order valence-electron chi connectivity index (χ2n) is 4.34. The summed E-state index contributed by atoms with van der Waals surface area (Å²) in [7, 11) is 0. The predicted octanol–water partition coefficient (Wildman–Crippen LogP) is 3.20. The van der Waals surface area contributed by atoms with Crippen molar-refractivity contribution in [2.75, 3.05) is 11.1 Å². The van der Waals surface area contributed by atoms with E-state index < -0.39 is 0 Å². The quantitative estimate of drug-likeness (QED) is 0.600. The molecule has 0 atom stereocenters. The number of fused-ring (bicyclic) bond motifs is 1. The molecule has 90 valence electrons. The molecule has 3 rings (SSSR count). The van der Waals surface area contributed by atoms with Crippen molar-refractivity contribution in [2.24, 2.45) is 0 Å². The number of benzene rings is 2. The summed E-state index contributed by atoms with van der Waals surface area (Å²) in [6.45, 7) is 2.06. The molecule has 3 aromatic rings. The van der Waals surface area contributed by atoms with Crippen LogP contribution in [0.25, 0.3) is 10.9 Å². The first kappa shape index (κ1) is 10.7. The second-order valence-corrected chi connectivity index (χ2v) is 4.34. The summed E-state index contributed by atoms with van der Waals surface area (Å²) >= 11 is 0. The first-order chi connectivity index (χ1) is 8.74. The molecule has 1 heterocycles. The van der Waals surface area contributed by atoms with E-state index in [9.17, 15) is 0 Å². The van der Waals surface area contributed by atoms with E-state index in [1.54, 1.807) is 6.20 Å². The zero-order chi connectivity index (χ0) is 12.5. The third-order valence-electron chi connectivity index (χ3n) is 3.02. The monoisotopic (exact) mass is 238 g/mol. The van der Waals surface area contributed by atoms with Crippen LogP contribution in [0.3, 0.4) is 0 Å². The number of H-pyrrole nitrogens is 1. The van der Waals surface area contributed by atoms with Crippen molar-refractivity contribution in [1.29, 1.82) is 0 Å². The molecule has 4 N–H and O–H groups in total. The van der Waals surface area contributed by atoms with Crippen molar-refractivity contribution in [3.63, 3.8) is 0 Å². The van der Waals surface area contributed by atoms with E-state index in [-0.39, 0.29) is 0 Å². The van der Waals surface area contributed by atoms with Crippen LogP contribution in [-0.4, -0.2) is 10.2 Å². The maximum absolute atomic E-state index is 6.04. The van der Waals surface area contributed by atoms with Crippen LogP contribution in [0.1, 0.15) is 5.56 Å². The third-order valence-corrected chi connectivity index (χ3v) is 3.02. The summed E-state index contributed by atoms with van der Waals surface area (Å²) in [4.78, 5) is 0. The van der Waals surface area contributed by atoms with Crippen LogP contribution < -0.4 is 11.1 Å². The Bertz CT molecular complexity index is 700. The van der Waals surface area contributed by atoms with E-state index in [0.717, 1.165) is 22.3 Å². The minimum atomic E-state index is 0.715. The van der Waals surface area contributed by atoms with E-state index in [0.29, 0.717) is 5.69 Å². The Morgan fingerprint density at radius 1 is 1.17 bits per heavy atom. The fraction of sp³-hybridized carbons (Fsp3) is 0.0714. The summed E-state index contributed by atoms with van der Waals surface area (Å²) in [5, 5.41) is 11.3. The molecular formula is C14H14N4. The Hall–Kier alpha value is -2.49. The average Bonchev–Trinajstić information content (AvgIpc) is 2.79. The van der Waals surface area contributed by atoms with Gasteiger partial charge in [0.05, 0.1) is 23.1 Å². The highest BCUT2D eigenvalue weighted by molar-refractivity contribution is 5.90. The highest BCUT2D eigenvalue weighted by atomic mass is 15.1. The molecule has 0 aliphatic carbocycles. The number of nitrogens with one attached hydrogen (secondary N) is 2. The number of aromatic nitrogens is 2. The third kappa shape index (κ3) is 1.78. The highest BCUT2D eigenvalue weighted by Gasteiger charge is 2.05. The van der Waals surface area contributed by atoms with Gasteiger partial charge in [0.25, 0.3) is 0 Å². The number of hydrogen-bond acceptors (Lipinski definition) is 3. The van der Waals surface area contributed by atoms with Crippen LogP contribution in [0, 0.1) is 6.92 Å². The Balaban J connectivity index is 2.04. The average molecular weight is 238 g/mol. The van der Waals surface area contributed by atoms with Crippen LogP contribution in [-0.2, 0) is 0 Å². The van der Waals surface area contributed by atoms with Gasteiger partial charge in [-0.25, -0.2) is 0 Å². The van der Waals surface area contributed by atoms with Crippen molar-refractivity contribution in [3.05, 3.63) is 48.2 Å². The fourth-order valence-corrected chi connectivity index (χ4v) is 1.98. The molecule has 1 aromatic heterocycles.